The number of rotatable bonds is 6. The molecule has 1 heterocycles. The largest absolute Gasteiger partial charge is 0.367 e. The van der Waals surface area contributed by atoms with E-state index < -0.39 is 0 Å². The van der Waals surface area contributed by atoms with Gasteiger partial charge in [0.15, 0.2) is 5.96 Å². The van der Waals surface area contributed by atoms with Gasteiger partial charge in [0.05, 0.1) is 12.6 Å². The number of guanidine groups is 1. The van der Waals surface area contributed by atoms with Crippen LogP contribution >= 0.6 is 24.0 Å². The van der Waals surface area contributed by atoms with Crippen LogP contribution in [0.5, 0.6) is 0 Å². The first-order chi connectivity index (χ1) is 13.6. The third kappa shape index (κ3) is 6.80. The lowest BCUT2D eigenvalue weighted by Crippen LogP contribution is -2.51. The summed E-state index contributed by atoms with van der Waals surface area (Å²) in [6, 6.07) is 6.48. The fourth-order valence-corrected chi connectivity index (χ4v) is 3.63. The molecule has 2 N–H and O–H groups in total. The smallest absolute Gasteiger partial charge is 0.223 e. The minimum Gasteiger partial charge on any atom is -0.367 e. The Morgan fingerprint density at radius 2 is 1.90 bits per heavy atom. The lowest BCUT2D eigenvalue weighted by atomic mass is 9.85. The van der Waals surface area contributed by atoms with E-state index in [1.165, 1.54) is 18.6 Å². The predicted octanol–water partition coefficient (Wildman–Crippen LogP) is 3.09. The van der Waals surface area contributed by atoms with E-state index >= 15 is 0 Å². The van der Waals surface area contributed by atoms with E-state index in [1.807, 2.05) is 6.92 Å². The topological polar surface area (TPSA) is 66.0 Å². The molecule has 0 bridgehead atoms. The van der Waals surface area contributed by atoms with Crippen molar-refractivity contribution in [2.75, 3.05) is 33.2 Å². The van der Waals surface area contributed by atoms with Crippen molar-refractivity contribution in [3.63, 3.8) is 0 Å². The van der Waals surface area contributed by atoms with Crippen LogP contribution in [0.3, 0.4) is 0 Å². The number of nitrogens with zero attached hydrogens (tertiary/aromatic N) is 2. The molecule has 3 rings (SSSR count). The molecule has 0 aromatic heterocycles. The highest BCUT2D eigenvalue weighted by Crippen LogP contribution is 2.26. The van der Waals surface area contributed by atoms with Crippen LogP contribution in [0, 0.1) is 11.7 Å². The molecule has 2 atom stereocenters. The molecule has 2 fully saturated rings. The quantitative estimate of drug-likeness (QED) is 0.263. The highest BCUT2D eigenvalue weighted by molar-refractivity contribution is 14.0. The molecular weight excluding hydrogens is 486 g/mol. The highest BCUT2D eigenvalue weighted by atomic mass is 127. The fourth-order valence-electron chi connectivity index (χ4n) is 3.63. The Balaban J connectivity index is 0.00000300. The minimum absolute atomic E-state index is 0. The van der Waals surface area contributed by atoms with Gasteiger partial charge in [-0.05, 0) is 43.9 Å². The van der Waals surface area contributed by atoms with Crippen LogP contribution in [0.15, 0.2) is 29.3 Å². The maximum absolute atomic E-state index is 13.2. The van der Waals surface area contributed by atoms with Gasteiger partial charge < -0.3 is 20.3 Å². The molecule has 29 heavy (non-hydrogen) atoms. The number of hydrogen-bond donors (Lipinski definition) is 2. The van der Waals surface area contributed by atoms with Gasteiger partial charge in [0, 0.05) is 32.6 Å². The molecule has 0 spiro atoms. The molecular formula is C21H32FIN4O2. The molecule has 2 unspecified atom stereocenters. The second kappa shape index (κ2) is 11.7. The molecule has 1 saturated heterocycles. The van der Waals surface area contributed by atoms with E-state index in [1.54, 1.807) is 19.2 Å². The Labute approximate surface area is 189 Å². The third-order valence-corrected chi connectivity index (χ3v) is 5.43. The third-order valence-electron chi connectivity index (χ3n) is 5.43. The van der Waals surface area contributed by atoms with Gasteiger partial charge in [-0.25, -0.2) is 4.39 Å². The Morgan fingerprint density at radius 3 is 2.52 bits per heavy atom. The predicted molar refractivity (Wildman–Crippen MR) is 123 cm³/mol. The van der Waals surface area contributed by atoms with Crippen molar-refractivity contribution < 1.29 is 13.9 Å². The van der Waals surface area contributed by atoms with Gasteiger partial charge in [0.25, 0.3) is 0 Å². The van der Waals surface area contributed by atoms with Crippen molar-refractivity contribution in [2.45, 2.75) is 44.8 Å². The maximum Gasteiger partial charge on any atom is 0.223 e. The maximum atomic E-state index is 13.2. The summed E-state index contributed by atoms with van der Waals surface area (Å²) in [5.74, 6) is 1.01. The van der Waals surface area contributed by atoms with Crippen molar-refractivity contribution in [1.29, 1.82) is 0 Å². The Kier molecular flexibility index (Phi) is 9.61. The van der Waals surface area contributed by atoms with Crippen molar-refractivity contribution in [3.8, 4) is 0 Å². The van der Waals surface area contributed by atoms with Gasteiger partial charge in [-0.2, -0.15) is 0 Å². The number of hydrogen-bond acceptors (Lipinski definition) is 3. The molecule has 1 aromatic rings. The first kappa shape index (κ1) is 23.9. The first-order valence-corrected chi connectivity index (χ1v) is 10.2. The number of morpholine rings is 1. The zero-order valence-corrected chi connectivity index (χ0v) is 19.5. The molecule has 162 valence electrons. The number of amides is 1. The number of carbonyl (C=O) groups excluding carboxylic acids is 1. The van der Waals surface area contributed by atoms with Crippen molar-refractivity contribution >= 4 is 35.8 Å². The lowest BCUT2D eigenvalue weighted by molar-refractivity contribution is -0.127. The van der Waals surface area contributed by atoms with E-state index in [0.29, 0.717) is 13.1 Å². The summed E-state index contributed by atoms with van der Waals surface area (Å²) in [6.45, 7) is 4.86. The van der Waals surface area contributed by atoms with Gasteiger partial charge in [-0.3, -0.25) is 9.79 Å². The summed E-state index contributed by atoms with van der Waals surface area (Å²) in [5.41, 5.74) is 0.965. The van der Waals surface area contributed by atoms with E-state index in [4.69, 9.17) is 4.74 Å². The van der Waals surface area contributed by atoms with E-state index in [9.17, 15) is 9.18 Å². The average Bonchev–Trinajstić information content (AvgIpc) is 2.63. The molecule has 2 aliphatic rings. The summed E-state index contributed by atoms with van der Waals surface area (Å²) in [6.07, 6.45) is 4.00. The van der Waals surface area contributed by atoms with Crippen LogP contribution in [-0.2, 0) is 9.53 Å². The minimum atomic E-state index is -0.244. The van der Waals surface area contributed by atoms with Crippen LogP contribution in [0.4, 0.5) is 4.39 Å². The van der Waals surface area contributed by atoms with Crippen molar-refractivity contribution in [1.82, 2.24) is 15.5 Å². The van der Waals surface area contributed by atoms with Crippen LogP contribution in [0.25, 0.3) is 0 Å². The van der Waals surface area contributed by atoms with Gasteiger partial charge in [-0.15, -0.1) is 24.0 Å². The monoisotopic (exact) mass is 518 g/mol. The molecule has 1 aliphatic carbocycles. The molecule has 8 heteroatoms. The first-order valence-electron chi connectivity index (χ1n) is 10.2. The van der Waals surface area contributed by atoms with E-state index in [0.717, 1.165) is 43.9 Å². The number of benzene rings is 1. The van der Waals surface area contributed by atoms with E-state index in [-0.39, 0.29) is 53.8 Å². The summed E-state index contributed by atoms with van der Waals surface area (Å²) < 4.78 is 19.3. The van der Waals surface area contributed by atoms with Crippen LogP contribution < -0.4 is 10.6 Å². The summed E-state index contributed by atoms with van der Waals surface area (Å²) in [7, 11) is 1.77. The Hall–Kier alpha value is -1.42. The Morgan fingerprint density at radius 1 is 1.21 bits per heavy atom. The zero-order valence-electron chi connectivity index (χ0n) is 17.2. The van der Waals surface area contributed by atoms with E-state index in [2.05, 4.69) is 20.5 Å². The van der Waals surface area contributed by atoms with Crippen LogP contribution in [0.1, 0.15) is 44.3 Å². The fraction of sp³-hybridized carbons (Fsp3) is 0.619. The average molecular weight is 518 g/mol. The lowest BCUT2D eigenvalue weighted by Gasteiger charge is -2.38. The summed E-state index contributed by atoms with van der Waals surface area (Å²) >= 11 is 0. The SMILES string of the molecule is CN=C(NCCCNC(=O)C1CCC1)N1CC(C)OC(c2ccc(F)cc2)C1.I. The van der Waals surface area contributed by atoms with Crippen LogP contribution in [0.2, 0.25) is 0 Å². The number of halogens is 2. The molecule has 1 aromatic carbocycles. The summed E-state index contributed by atoms with van der Waals surface area (Å²) in [4.78, 5) is 18.4. The number of nitrogens with one attached hydrogen (secondary N) is 2. The standard InChI is InChI=1S/C21H31FN4O2.HI/c1-15-13-26(14-19(28-15)16-7-9-18(22)10-8-16)21(23-2)25-12-4-11-24-20(27)17-5-3-6-17;/h7-10,15,17,19H,3-6,11-14H2,1-2H3,(H,23,25)(H,24,27);1H. The Bertz CT molecular complexity index is 682. The van der Waals surface area contributed by atoms with Crippen molar-refractivity contribution in [2.24, 2.45) is 10.9 Å². The summed E-state index contributed by atoms with van der Waals surface area (Å²) in [5, 5.41) is 6.39. The van der Waals surface area contributed by atoms with Gasteiger partial charge >= 0.3 is 0 Å². The highest BCUT2D eigenvalue weighted by Gasteiger charge is 2.28. The van der Waals surface area contributed by atoms with Gasteiger partial charge in [0.2, 0.25) is 5.91 Å². The second-order valence-electron chi connectivity index (χ2n) is 7.64. The zero-order chi connectivity index (χ0) is 19.9. The number of carbonyl (C=O) groups is 1. The molecule has 1 saturated carbocycles. The molecule has 1 amide bonds. The van der Waals surface area contributed by atoms with Crippen molar-refractivity contribution in [3.05, 3.63) is 35.6 Å². The van der Waals surface area contributed by atoms with Crippen LogP contribution in [-0.4, -0.2) is 56.1 Å². The van der Waals surface area contributed by atoms with Gasteiger partial charge in [0.1, 0.15) is 11.9 Å². The number of ether oxygens (including phenoxy) is 1. The normalized spacial score (nSPS) is 22.4. The number of aliphatic imine (C=N–C) groups is 1. The van der Waals surface area contributed by atoms with Gasteiger partial charge in [-0.1, -0.05) is 18.6 Å². The second-order valence-corrected chi connectivity index (χ2v) is 7.64. The molecule has 1 aliphatic heterocycles. The molecule has 0 radical (unpaired) electrons. The molecule has 6 nitrogen and oxygen atoms in total.